The van der Waals surface area contributed by atoms with E-state index in [9.17, 15) is 14.4 Å². The monoisotopic (exact) mass is 408 g/mol. The van der Waals surface area contributed by atoms with Gasteiger partial charge in [-0.05, 0) is 74.8 Å². The van der Waals surface area contributed by atoms with Gasteiger partial charge in [-0.2, -0.15) is 0 Å². The van der Waals surface area contributed by atoms with Gasteiger partial charge in [0, 0.05) is 32.0 Å². The molecule has 0 unspecified atom stereocenters. The molecule has 0 radical (unpaired) electrons. The van der Waals surface area contributed by atoms with E-state index in [1.807, 2.05) is 38.1 Å². The van der Waals surface area contributed by atoms with Crippen molar-refractivity contribution in [3.63, 3.8) is 0 Å². The Labute approximate surface area is 178 Å². The van der Waals surface area contributed by atoms with E-state index in [4.69, 9.17) is 0 Å². The Morgan fingerprint density at radius 1 is 1.03 bits per heavy atom. The van der Waals surface area contributed by atoms with Crippen LogP contribution >= 0.6 is 0 Å². The van der Waals surface area contributed by atoms with Crippen molar-refractivity contribution < 1.29 is 14.4 Å². The lowest BCUT2D eigenvalue weighted by Crippen LogP contribution is -2.47. The summed E-state index contributed by atoms with van der Waals surface area (Å²) >= 11 is 0. The van der Waals surface area contributed by atoms with Gasteiger partial charge < -0.3 is 4.90 Å². The number of hydrogen-bond acceptors (Lipinski definition) is 3. The van der Waals surface area contributed by atoms with Crippen LogP contribution in [0.15, 0.2) is 24.3 Å². The molecule has 5 heteroatoms. The minimum Gasteiger partial charge on any atom is -0.339 e. The van der Waals surface area contributed by atoms with Gasteiger partial charge in [-0.3, -0.25) is 19.3 Å². The summed E-state index contributed by atoms with van der Waals surface area (Å²) in [6.45, 7) is 4.99. The zero-order valence-corrected chi connectivity index (χ0v) is 18.1. The van der Waals surface area contributed by atoms with Gasteiger partial charge in [0.25, 0.3) is 0 Å². The first-order valence-electron chi connectivity index (χ1n) is 11.6. The van der Waals surface area contributed by atoms with Crippen LogP contribution in [-0.4, -0.2) is 46.7 Å². The number of carbonyl (C=O) groups is 3. The van der Waals surface area contributed by atoms with Gasteiger partial charge in [0.1, 0.15) is 0 Å². The lowest BCUT2D eigenvalue weighted by atomic mass is 9.68. The topological polar surface area (TPSA) is 57.7 Å². The van der Waals surface area contributed by atoms with E-state index in [2.05, 4.69) is 4.90 Å². The maximum absolute atomic E-state index is 13.8. The highest BCUT2D eigenvalue weighted by Gasteiger charge is 2.55. The summed E-state index contributed by atoms with van der Waals surface area (Å²) in [6, 6.07) is 8.07. The SMILES string of the molecule is CCN1C(=O)C[C@](CC(=O)N2CC3C[C@H]4CC2C[C@H](C3)C4)(c2ccccc2C)C1=O. The first kappa shape index (κ1) is 19.8. The number of fused-ring (bicyclic) bond motifs is 1. The number of carbonyl (C=O) groups excluding carboxylic acids is 3. The van der Waals surface area contributed by atoms with Gasteiger partial charge in [-0.15, -0.1) is 0 Å². The molecule has 2 aliphatic carbocycles. The summed E-state index contributed by atoms with van der Waals surface area (Å²) < 4.78 is 0. The summed E-state index contributed by atoms with van der Waals surface area (Å²) in [5.41, 5.74) is 0.757. The standard InChI is InChI=1S/C25H32N2O3/c1-3-26-22(28)13-25(24(26)30,21-7-5-4-6-16(21)2)14-23(29)27-15-19-9-17-8-18(10-19)12-20(27)11-17/h4-7,17-20H,3,8-15H2,1-2H3/t17-,18-,19?,20?,25-/m0/s1. The largest absolute Gasteiger partial charge is 0.339 e. The molecular weight excluding hydrogens is 376 g/mol. The molecule has 4 bridgehead atoms. The Bertz CT molecular complexity index is 882. The van der Waals surface area contributed by atoms with Gasteiger partial charge in [0.2, 0.25) is 17.7 Å². The first-order valence-corrected chi connectivity index (χ1v) is 11.6. The molecule has 3 amide bonds. The molecule has 3 aliphatic heterocycles. The Kier molecular flexibility index (Phi) is 4.75. The third-order valence-electron chi connectivity index (χ3n) is 8.27. The van der Waals surface area contributed by atoms with Crippen molar-refractivity contribution in [2.45, 2.75) is 70.3 Å². The maximum Gasteiger partial charge on any atom is 0.240 e. The molecule has 160 valence electrons. The minimum atomic E-state index is -1.06. The normalized spacial score (nSPS) is 35.3. The highest BCUT2D eigenvalue weighted by molar-refractivity contribution is 6.10. The average Bonchev–Trinajstić information content (AvgIpc) is 2.80. The van der Waals surface area contributed by atoms with E-state index in [1.54, 1.807) is 0 Å². The molecule has 0 spiro atoms. The Morgan fingerprint density at radius 3 is 2.33 bits per heavy atom. The molecule has 5 aliphatic rings. The first-order chi connectivity index (χ1) is 14.4. The number of imide groups is 1. The lowest BCUT2D eigenvalue weighted by molar-refractivity contribution is -0.143. The number of hydrogen-bond donors (Lipinski definition) is 0. The molecule has 1 aromatic rings. The van der Waals surface area contributed by atoms with Crippen LogP contribution in [0.1, 0.15) is 63.0 Å². The minimum absolute atomic E-state index is 0.0653. The van der Waals surface area contributed by atoms with Crippen LogP contribution in [0.25, 0.3) is 0 Å². The predicted octanol–water partition coefficient (Wildman–Crippen LogP) is 3.44. The molecule has 0 aromatic heterocycles. The zero-order valence-electron chi connectivity index (χ0n) is 18.1. The Balaban J connectivity index is 1.49. The van der Waals surface area contributed by atoms with E-state index < -0.39 is 5.41 Å². The maximum atomic E-state index is 13.8. The molecule has 5 nitrogen and oxygen atoms in total. The quantitative estimate of drug-likeness (QED) is 0.717. The number of aryl methyl sites for hydroxylation is 1. The summed E-state index contributed by atoms with van der Waals surface area (Å²) in [5.74, 6) is 1.85. The third-order valence-corrected chi connectivity index (χ3v) is 8.27. The van der Waals surface area contributed by atoms with Crippen LogP contribution in [0.2, 0.25) is 0 Å². The lowest BCUT2D eigenvalue weighted by Gasteiger charge is -2.39. The van der Waals surface area contributed by atoms with Gasteiger partial charge in [-0.1, -0.05) is 24.3 Å². The smallest absolute Gasteiger partial charge is 0.240 e. The summed E-state index contributed by atoms with van der Waals surface area (Å²) in [4.78, 5) is 43.5. The number of rotatable bonds is 4. The van der Waals surface area contributed by atoms with Crippen molar-refractivity contribution in [1.82, 2.24) is 9.80 Å². The Hall–Kier alpha value is -2.17. The number of amides is 3. The fourth-order valence-corrected chi connectivity index (χ4v) is 7.12. The number of likely N-dealkylation sites (N-methyl/N-ethyl adjacent to an activating group) is 1. The molecule has 5 fully saturated rings. The van der Waals surface area contributed by atoms with Crippen molar-refractivity contribution in [3.8, 4) is 0 Å². The van der Waals surface area contributed by atoms with Crippen LogP contribution in [0.5, 0.6) is 0 Å². The van der Waals surface area contributed by atoms with Crippen LogP contribution in [0.4, 0.5) is 0 Å². The van der Waals surface area contributed by atoms with Crippen LogP contribution in [0.3, 0.4) is 0 Å². The predicted molar refractivity (Wildman–Crippen MR) is 114 cm³/mol. The number of likely N-dealkylation sites (tertiary alicyclic amines) is 1. The van der Waals surface area contributed by atoms with Crippen molar-refractivity contribution in [1.29, 1.82) is 0 Å². The second-order valence-corrected chi connectivity index (χ2v) is 10.2. The van der Waals surface area contributed by atoms with E-state index in [0.717, 1.165) is 42.3 Å². The summed E-state index contributed by atoms with van der Waals surface area (Å²) in [5, 5.41) is 0. The van der Waals surface area contributed by atoms with Crippen molar-refractivity contribution in [2.75, 3.05) is 13.1 Å². The molecular formula is C25H32N2O3. The van der Waals surface area contributed by atoms with E-state index >= 15 is 0 Å². The fourth-order valence-electron chi connectivity index (χ4n) is 7.12. The molecule has 3 heterocycles. The highest BCUT2D eigenvalue weighted by atomic mass is 16.2. The molecule has 3 saturated heterocycles. The highest BCUT2D eigenvalue weighted by Crippen LogP contribution is 2.48. The average molecular weight is 409 g/mol. The summed E-state index contributed by atoms with van der Waals surface area (Å²) in [6.07, 6.45) is 6.27. The van der Waals surface area contributed by atoms with Crippen LogP contribution in [-0.2, 0) is 19.8 Å². The van der Waals surface area contributed by atoms with Crippen molar-refractivity contribution in [3.05, 3.63) is 35.4 Å². The number of benzene rings is 1. The summed E-state index contributed by atoms with van der Waals surface area (Å²) in [7, 11) is 0. The van der Waals surface area contributed by atoms with Crippen LogP contribution < -0.4 is 0 Å². The van der Waals surface area contributed by atoms with E-state index in [0.29, 0.717) is 18.5 Å². The molecule has 30 heavy (non-hydrogen) atoms. The van der Waals surface area contributed by atoms with Gasteiger partial charge in [-0.25, -0.2) is 0 Å². The second kappa shape index (κ2) is 7.21. The van der Waals surface area contributed by atoms with Crippen molar-refractivity contribution >= 4 is 17.7 Å². The van der Waals surface area contributed by atoms with Crippen LogP contribution in [0, 0.1) is 24.7 Å². The number of nitrogens with zero attached hydrogens (tertiary/aromatic N) is 2. The fraction of sp³-hybridized carbons (Fsp3) is 0.640. The molecule has 2 saturated carbocycles. The molecule has 0 N–H and O–H groups in total. The van der Waals surface area contributed by atoms with Crippen molar-refractivity contribution in [2.24, 2.45) is 17.8 Å². The van der Waals surface area contributed by atoms with E-state index in [-0.39, 0.29) is 30.6 Å². The molecule has 6 rings (SSSR count). The Morgan fingerprint density at radius 2 is 1.70 bits per heavy atom. The third kappa shape index (κ3) is 3.00. The van der Waals surface area contributed by atoms with Gasteiger partial charge in [0.05, 0.1) is 5.41 Å². The second-order valence-electron chi connectivity index (χ2n) is 10.2. The van der Waals surface area contributed by atoms with E-state index in [1.165, 1.54) is 24.2 Å². The van der Waals surface area contributed by atoms with Gasteiger partial charge in [0.15, 0.2) is 0 Å². The molecule has 1 aromatic carbocycles. The van der Waals surface area contributed by atoms with Gasteiger partial charge >= 0.3 is 0 Å². The zero-order chi connectivity index (χ0) is 21.0. The molecule has 3 atom stereocenters.